The van der Waals surface area contributed by atoms with E-state index in [9.17, 15) is 0 Å². The van der Waals surface area contributed by atoms with Crippen molar-refractivity contribution in [2.24, 2.45) is 4.99 Å². The Balaban J connectivity index is 1.34. The van der Waals surface area contributed by atoms with Crippen LogP contribution >= 0.6 is 0 Å². The van der Waals surface area contributed by atoms with Gasteiger partial charge in [0.05, 0.1) is 11.0 Å². The molecule has 0 bridgehead atoms. The predicted molar refractivity (Wildman–Crippen MR) is 115 cm³/mol. The SMILES string of the molecule is CN=C(NCCCCn1ccnc1C)NCCCn1c(C)nc2ccccc21. The highest BCUT2D eigenvalue weighted by Crippen LogP contribution is 2.15. The van der Waals surface area contributed by atoms with Crippen molar-refractivity contribution in [3.63, 3.8) is 0 Å². The Hall–Kier alpha value is -2.83. The molecule has 0 amide bonds. The molecule has 2 aromatic heterocycles. The van der Waals surface area contributed by atoms with Crippen LogP contribution in [0.3, 0.4) is 0 Å². The number of rotatable bonds is 9. The number of hydrogen-bond acceptors (Lipinski definition) is 3. The summed E-state index contributed by atoms with van der Waals surface area (Å²) in [6.07, 6.45) is 7.12. The average molecular weight is 382 g/mol. The standard InChI is InChI=1S/C21H31N7/c1-17-23-13-16-27(17)14-7-6-11-24-21(22-3)25-12-8-15-28-18(2)26-19-9-4-5-10-20(19)28/h4-5,9-10,13,16H,6-8,11-12,14-15H2,1-3H3,(H2,22,24,25). The molecule has 0 spiro atoms. The van der Waals surface area contributed by atoms with Gasteiger partial charge < -0.3 is 19.8 Å². The highest BCUT2D eigenvalue weighted by Gasteiger charge is 2.06. The minimum atomic E-state index is 0.867. The number of fused-ring (bicyclic) bond motifs is 1. The van der Waals surface area contributed by atoms with E-state index in [1.807, 2.05) is 32.4 Å². The van der Waals surface area contributed by atoms with Crippen LogP contribution in [0.5, 0.6) is 0 Å². The van der Waals surface area contributed by atoms with Gasteiger partial charge in [-0.2, -0.15) is 0 Å². The minimum absolute atomic E-state index is 0.867. The number of benzene rings is 1. The number of aryl methyl sites for hydroxylation is 4. The van der Waals surface area contributed by atoms with Crippen LogP contribution in [0.4, 0.5) is 0 Å². The molecule has 0 fully saturated rings. The van der Waals surface area contributed by atoms with E-state index in [1.54, 1.807) is 0 Å². The second-order valence-corrected chi connectivity index (χ2v) is 6.95. The molecule has 0 aliphatic heterocycles. The van der Waals surface area contributed by atoms with E-state index in [0.717, 1.165) is 68.6 Å². The fraction of sp³-hybridized carbons (Fsp3) is 0.476. The lowest BCUT2D eigenvalue weighted by atomic mass is 10.3. The third-order valence-corrected chi connectivity index (χ3v) is 4.96. The van der Waals surface area contributed by atoms with Crippen LogP contribution in [0.2, 0.25) is 0 Å². The van der Waals surface area contributed by atoms with Crippen molar-refractivity contribution >= 4 is 17.0 Å². The van der Waals surface area contributed by atoms with Gasteiger partial charge in [0.1, 0.15) is 11.6 Å². The second kappa shape index (κ2) is 9.92. The van der Waals surface area contributed by atoms with Gasteiger partial charge >= 0.3 is 0 Å². The topological polar surface area (TPSA) is 72.1 Å². The van der Waals surface area contributed by atoms with E-state index < -0.39 is 0 Å². The van der Waals surface area contributed by atoms with Crippen molar-refractivity contribution in [2.45, 2.75) is 46.2 Å². The van der Waals surface area contributed by atoms with Crippen molar-refractivity contribution in [2.75, 3.05) is 20.1 Å². The van der Waals surface area contributed by atoms with Gasteiger partial charge in [0.2, 0.25) is 0 Å². The first kappa shape index (κ1) is 19.9. The number of guanidine groups is 1. The number of aromatic nitrogens is 4. The monoisotopic (exact) mass is 381 g/mol. The zero-order chi connectivity index (χ0) is 19.8. The van der Waals surface area contributed by atoms with Gasteiger partial charge in [-0.05, 0) is 45.2 Å². The maximum absolute atomic E-state index is 4.63. The van der Waals surface area contributed by atoms with E-state index in [2.05, 4.69) is 59.9 Å². The van der Waals surface area contributed by atoms with E-state index in [4.69, 9.17) is 0 Å². The lowest BCUT2D eigenvalue weighted by Crippen LogP contribution is -2.38. The van der Waals surface area contributed by atoms with E-state index >= 15 is 0 Å². The largest absolute Gasteiger partial charge is 0.356 e. The first-order valence-corrected chi connectivity index (χ1v) is 10.0. The maximum atomic E-state index is 4.63. The molecule has 7 heteroatoms. The van der Waals surface area contributed by atoms with E-state index in [-0.39, 0.29) is 0 Å². The van der Waals surface area contributed by atoms with Gasteiger partial charge in [0.15, 0.2) is 5.96 Å². The summed E-state index contributed by atoms with van der Waals surface area (Å²) in [5.74, 6) is 3.01. The Bertz CT molecular complexity index is 907. The molecule has 1 aromatic carbocycles. The molecule has 28 heavy (non-hydrogen) atoms. The number of nitrogens with zero attached hydrogens (tertiary/aromatic N) is 5. The lowest BCUT2D eigenvalue weighted by Gasteiger charge is -2.13. The fourth-order valence-corrected chi connectivity index (χ4v) is 3.40. The third-order valence-electron chi connectivity index (χ3n) is 4.96. The summed E-state index contributed by atoms with van der Waals surface area (Å²) in [7, 11) is 1.82. The van der Waals surface area contributed by atoms with Crippen LogP contribution in [0.15, 0.2) is 41.7 Å². The highest BCUT2D eigenvalue weighted by molar-refractivity contribution is 5.79. The van der Waals surface area contributed by atoms with Gasteiger partial charge in [-0.15, -0.1) is 0 Å². The van der Waals surface area contributed by atoms with Gasteiger partial charge in [-0.25, -0.2) is 9.97 Å². The predicted octanol–water partition coefficient (Wildman–Crippen LogP) is 2.89. The molecule has 150 valence electrons. The summed E-state index contributed by atoms with van der Waals surface area (Å²) in [4.78, 5) is 13.2. The van der Waals surface area contributed by atoms with Crippen molar-refractivity contribution < 1.29 is 0 Å². The fourth-order valence-electron chi connectivity index (χ4n) is 3.40. The molecule has 3 rings (SSSR count). The zero-order valence-corrected chi connectivity index (χ0v) is 17.1. The van der Waals surface area contributed by atoms with Crippen LogP contribution in [0.1, 0.15) is 30.9 Å². The van der Waals surface area contributed by atoms with Crippen LogP contribution in [0.25, 0.3) is 11.0 Å². The number of hydrogen-bond donors (Lipinski definition) is 2. The number of para-hydroxylation sites is 2. The number of imidazole rings is 2. The first-order chi connectivity index (χ1) is 13.7. The van der Waals surface area contributed by atoms with Gasteiger partial charge in [-0.1, -0.05) is 12.1 Å². The number of nitrogens with one attached hydrogen (secondary N) is 2. The molecule has 7 nitrogen and oxygen atoms in total. The maximum Gasteiger partial charge on any atom is 0.190 e. The molecule has 2 N–H and O–H groups in total. The summed E-state index contributed by atoms with van der Waals surface area (Å²) in [5.41, 5.74) is 2.27. The molecule has 0 saturated heterocycles. The normalized spacial score (nSPS) is 11.9. The van der Waals surface area contributed by atoms with Crippen LogP contribution in [-0.2, 0) is 13.1 Å². The molecule has 3 aromatic rings. The van der Waals surface area contributed by atoms with Crippen LogP contribution in [-0.4, -0.2) is 45.2 Å². The number of aliphatic imine (C=N–C) groups is 1. The Kier molecular flexibility index (Phi) is 7.06. The van der Waals surface area contributed by atoms with Crippen molar-refractivity contribution in [1.29, 1.82) is 0 Å². The molecule has 0 saturated carbocycles. The third kappa shape index (κ3) is 5.12. The summed E-state index contributed by atoms with van der Waals surface area (Å²) in [5, 5.41) is 6.80. The molecule has 0 aliphatic carbocycles. The average Bonchev–Trinajstić information content (AvgIpc) is 3.25. The molecule has 0 atom stereocenters. The smallest absolute Gasteiger partial charge is 0.190 e. The Morgan fingerprint density at radius 2 is 1.79 bits per heavy atom. The molecule has 0 aliphatic rings. The van der Waals surface area contributed by atoms with E-state index in [0.29, 0.717) is 0 Å². The first-order valence-electron chi connectivity index (χ1n) is 10.0. The molecular formula is C21H31N7. The van der Waals surface area contributed by atoms with Gasteiger partial charge in [0.25, 0.3) is 0 Å². The Morgan fingerprint density at radius 3 is 2.54 bits per heavy atom. The number of unbranched alkanes of at least 4 members (excludes halogenated alkanes) is 1. The molecule has 0 radical (unpaired) electrons. The summed E-state index contributed by atoms with van der Waals surface area (Å²) in [6, 6.07) is 8.30. The van der Waals surface area contributed by atoms with E-state index in [1.165, 1.54) is 5.52 Å². The lowest BCUT2D eigenvalue weighted by molar-refractivity contribution is 0.585. The summed E-state index contributed by atoms with van der Waals surface area (Å²) in [6.45, 7) is 7.86. The zero-order valence-electron chi connectivity index (χ0n) is 17.1. The van der Waals surface area contributed by atoms with Crippen molar-refractivity contribution in [1.82, 2.24) is 29.7 Å². The molecule has 0 unspecified atom stereocenters. The Labute approximate surface area is 166 Å². The van der Waals surface area contributed by atoms with Gasteiger partial charge in [-0.3, -0.25) is 4.99 Å². The highest BCUT2D eigenvalue weighted by atomic mass is 15.2. The Morgan fingerprint density at radius 1 is 1.00 bits per heavy atom. The second-order valence-electron chi connectivity index (χ2n) is 6.95. The quantitative estimate of drug-likeness (QED) is 0.340. The summed E-state index contributed by atoms with van der Waals surface area (Å²) >= 11 is 0. The van der Waals surface area contributed by atoms with Crippen molar-refractivity contribution in [3.8, 4) is 0 Å². The molecular weight excluding hydrogens is 350 g/mol. The molecule has 2 heterocycles. The van der Waals surface area contributed by atoms with Crippen LogP contribution in [0, 0.1) is 13.8 Å². The minimum Gasteiger partial charge on any atom is -0.356 e. The van der Waals surface area contributed by atoms with Gasteiger partial charge in [0, 0.05) is 45.6 Å². The van der Waals surface area contributed by atoms with Crippen LogP contribution < -0.4 is 10.6 Å². The van der Waals surface area contributed by atoms with Crippen molar-refractivity contribution in [3.05, 3.63) is 48.3 Å². The summed E-state index contributed by atoms with van der Waals surface area (Å²) < 4.78 is 4.47.